The van der Waals surface area contributed by atoms with E-state index in [1.807, 2.05) is 55.7 Å². The average Bonchev–Trinajstić information content (AvgIpc) is 2.48. The second-order valence-corrected chi connectivity index (χ2v) is 4.94. The summed E-state index contributed by atoms with van der Waals surface area (Å²) in [5.74, 6) is 0. The van der Waals surface area contributed by atoms with E-state index in [0.717, 1.165) is 24.5 Å². The Morgan fingerprint density at radius 2 is 1.80 bits per heavy atom. The summed E-state index contributed by atoms with van der Waals surface area (Å²) >= 11 is 0. The summed E-state index contributed by atoms with van der Waals surface area (Å²) in [6.45, 7) is 5.85. The van der Waals surface area contributed by atoms with Crippen LogP contribution < -0.4 is 5.73 Å². The van der Waals surface area contributed by atoms with E-state index >= 15 is 0 Å². The number of aromatic nitrogens is 2. The molecule has 0 radical (unpaired) electrons. The molecular formula is C16H22N4. The molecule has 2 aromatic heterocycles. The van der Waals surface area contributed by atoms with E-state index in [0.29, 0.717) is 0 Å². The van der Waals surface area contributed by atoms with Crippen molar-refractivity contribution in [3.63, 3.8) is 0 Å². The van der Waals surface area contributed by atoms with Crippen molar-refractivity contribution in [1.29, 1.82) is 0 Å². The van der Waals surface area contributed by atoms with Crippen LogP contribution in [0.1, 0.15) is 31.3 Å². The Hall–Kier alpha value is -1.78. The fourth-order valence-electron chi connectivity index (χ4n) is 2.45. The van der Waals surface area contributed by atoms with Crippen molar-refractivity contribution in [3.8, 4) is 0 Å². The molecule has 0 fully saturated rings. The standard InChI is InChI=1S/C16H22N4/c1-3-20(12-14-8-4-6-10-18-14)16(13(2)17)15-9-5-7-11-19-15/h4-11,13,16H,3,12,17H2,1-2H3. The van der Waals surface area contributed by atoms with Crippen LogP contribution in [-0.2, 0) is 6.54 Å². The molecule has 2 aromatic rings. The molecule has 0 aliphatic carbocycles. The minimum Gasteiger partial charge on any atom is -0.326 e. The number of likely N-dealkylation sites (N-methyl/N-ethyl adjacent to an activating group) is 1. The predicted molar refractivity (Wildman–Crippen MR) is 80.9 cm³/mol. The molecule has 2 rings (SSSR count). The summed E-state index contributed by atoms with van der Waals surface area (Å²) in [5, 5.41) is 0. The van der Waals surface area contributed by atoms with E-state index in [1.165, 1.54) is 0 Å². The molecule has 0 spiro atoms. The highest BCUT2D eigenvalue weighted by molar-refractivity contribution is 5.12. The first-order valence-electron chi connectivity index (χ1n) is 7.02. The number of pyridine rings is 2. The van der Waals surface area contributed by atoms with Crippen LogP contribution >= 0.6 is 0 Å². The third-order valence-electron chi connectivity index (χ3n) is 3.38. The zero-order valence-corrected chi connectivity index (χ0v) is 12.1. The fraction of sp³-hybridized carbons (Fsp3) is 0.375. The molecule has 106 valence electrons. The Bertz CT molecular complexity index is 498. The minimum atomic E-state index is 0.00793. The van der Waals surface area contributed by atoms with Gasteiger partial charge < -0.3 is 5.73 Å². The number of hydrogen-bond donors (Lipinski definition) is 1. The Kier molecular flexibility index (Phi) is 5.21. The fourth-order valence-corrected chi connectivity index (χ4v) is 2.45. The molecule has 0 aromatic carbocycles. The van der Waals surface area contributed by atoms with E-state index in [1.54, 1.807) is 0 Å². The maximum absolute atomic E-state index is 6.20. The molecule has 0 amide bonds. The number of nitrogens with two attached hydrogens (primary N) is 1. The third-order valence-corrected chi connectivity index (χ3v) is 3.38. The summed E-state index contributed by atoms with van der Waals surface area (Å²) in [6.07, 6.45) is 3.64. The zero-order valence-electron chi connectivity index (χ0n) is 12.1. The van der Waals surface area contributed by atoms with Crippen LogP contribution in [0.3, 0.4) is 0 Å². The van der Waals surface area contributed by atoms with E-state index in [2.05, 4.69) is 21.8 Å². The van der Waals surface area contributed by atoms with Gasteiger partial charge in [0.1, 0.15) is 0 Å². The minimum absolute atomic E-state index is 0.00793. The molecule has 0 aliphatic rings. The summed E-state index contributed by atoms with van der Waals surface area (Å²) < 4.78 is 0. The predicted octanol–water partition coefficient (Wildman–Crippen LogP) is 2.39. The molecule has 2 atom stereocenters. The van der Waals surface area contributed by atoms with Gasteiger partial charge in [0.05, 0.1) is 17.4 Å². The molecular weight excluding hydrogens is 248 g/mol. The van der Waals surface area contributed by atoms with Crippen molar-refractivity contribution < 1.29 is 0 Å². The molecule has 2 unspecified atom stereocenters. The normalized spacial score (nSPS) is 14.2. The van der Waals surface area contributed by atoms with Crippen LogP contribution in [-0.4, -0.2) is 27.5 Å². The topological polar surface area (TPSA) is 55.0 Å². The van der Waals surface area contributed by atoms with Gasteiger partial charge >= 0.3 is 0 Å². The number of rotatable bonds is 6. The van der Waals surface area contributed by atoms with Crippen molar-refractivity contribution in [2.45, 2.75) is 32.5 Å². The van der Waals surface area contributed by atoms with Crippen molar-refractivity contribution in [2.24, 2.45) is 5.73 Å². The lowest BCUT2D eigenvalue weighted by molar-refractivity contribution is 0.171. The van der Waals surface area contributed by atoms with Gasteiger partial charge in [-0.05, 0) is 37.7 Å². The summed E-state index contributed by atoms with van der Waals surface area (Å²) in [7, 11) is 0. The van der Waals surface area contributed by atoms with E-state index in [-0.39, 0.29) is 12.1 Å². The van der Waals surface area contributed by atoms with Crippen molar-refractivity contribution in [3.05, 3.63) is 60.2 Å². The van der Waals surface area contributed by atoms with Crippen LogP contribution in [0.2, 0.25) is 0 Å². The average molecular weight is 270 g/mol. The molecule has 20 heavy (non-hydrogen) atoms. The number of hydrogen-bond acceptors (Lipinski definition) is 4. The Balaban J connectivity index is 2.22. The summed E-state index contributed by atoms with van der Waals surface area (Å²) in [4.78, 5) is 11.2. The monoisotopic (exact) mass is 270 g/mol. The van der Waals surface area contributed by atoms with Gasteiger partial charge in [-0.3, -0.25) is 14.9 Å². The molecule has 0 saturated carbocycles. The Morgan fingerprint density at radius 1 is 1.10 bits per heavy atom. The summed E-state index contributed by atoms with van der Waals surface area (Å²) in [6, 6.07) is 12.1. The van der Waals surface area contributed by atoms with E-state index < -0.39 is 0 Å². The second kappa shape index (κ2) is 7.12. The highest BCUT2D eigenvalue weighted by atomic mass is 15.2. The van der Waals surface area contributed by atoms with Crippen LogP contribution in [0.25, 0.3) is 0 Å². The van der Waals surface area contributed by atoms with E-state index in [9.17, 15) is 0 Å². The second-order valence-electron chi connectivity index (χ2n) is 4.94. The lowest BCUT2D eigenvalue weighted by atomic mass is 10.0. The Labute approximate surface area is 120 Å². The quantitative estimate of drug-likeness (QED) is 0.875. The van der Waals surface area contributed by atoms with Crippen LogP contribution in [0, 0.1) is 0 Å². The maximum atomic E-state index is 6.20. The lowest BCUT2D eigenvalue weighted by Crippen LogP contribution is -2.39. The molecule has 4 heteroatoms. The van der Waals surface area contributed by atoms with Crippen molar-refractivity contribution in [2.75, 3.05) is 6.54 Å². The maximum Gasteiger partial charge on any atom is 0.0674 e. The molecule has 0 bridgehead atoms. The SMILES string of the molecule is CCN(Cc1ccccn1)C(c1ccccn1)C(C)N. The highest BCUT2D eigenvalue weighted by Crippen LogP contribution is 2.23. The molecule has 4 nitrogen and oxygen atoms in total. The van der Waals surface area contributed by atoms with Gasteiger partial charge in [-0.25, -0.2) is 0 Å². The van der Waals surface area contributed by atoms with Gasteiger partial charge in [-0.1, -0.05) is 19.1 Å². The van der Waals surface area contributed by atoms with Crippen molar-refractivity contribution >= 4 is 0 Å². The summed E-state index contributed by atoms with van der Waals surface area (Å²) in [5.41, 5.74) is 8.26. The van der Waals surface area contributed by atoms with Crippen molar-refractivity contribution in [1.82, 2.24) is 14.9 Å². The van der Waals surface area contributed by atoms with Gasteiger partial charge in [-0.15, -0.1) is 0 Å². The van der Waals surface area contributed by atoms with Gasteiger partial charge in [0, 0.05) is 25.0 Å². The van der Waals surface area contributed by atoms with Gasteiger partial charge in [0.2, 0.25) is 0 Å². The highest BCUT2D eigenvalue weighted by Gasteiger charge is 2.24. The van der Waals surface area contributed by atoms with Crippen LogP contribution in [0.15, 0.2) is 48.8 Å². The number of nitrogens with zero attached hydrogens (tertiary/aromatic N) is 3. The Morgan fingerprint density at radius 3 is 2.30 bits per heavy atom. The smallest absolute Gasteiger partial charge is 0.0674 e. The van der Waals surface area contributed by atoms with Crippen LogP contribution in [0.4, 0.5) is 0 Å². The first-order chi connectivity index (χ1) is 9.72. The molecule has 2 heterocycles. The van der Waals surface area contributed by atoms with E-state index in [4.69, 9.17) is 5.73 Å². The lowest BCUT2D eigenvalue weighted by Gasteiger charge is -2.32. The largest absolute Gasteiger partial charge is 0.326 e. The van der Waals surface area contributed by atoms with Crippen LogP contribution in [0.5, 0.6) is 0 Å². The zero-order chi connectivity index (χ0) is 14.4. The first kappa shape index (κ1) is 14.6. The molecule has 2 N–H and O–H groups in total. The van der Waals surface area contributed by atoms with Gasteiger partial charge in [0.15, 0.2) is 0 Å². The molecule has 0 saturated heterocycles. The van der Waals surface area contributed by atoms with Gasteiger partial charge in [0.25, 0.3) is 0 Å². The first-order valence-corrected chi connectivity index (χ1v) is 7.02. The van der Waals surface area contributed by atoms with Gasteiger partial charge in [-0.2, -0.15) is 0 Å². The third kappa shape index (κ3) is 3.62. The molecule has 0 aliphatic heterocycles.